The molecule has 1 saturated heterocycles. The molecule has 0 bridgehead atoms. The van der Waals surface area contributed by atoms with E-state index in [0.29, 0.717) is 24.7 Å². The molecule has 0 saturated carbocycles. The van der Waals surface area contributed by atoms with Crippen LogP contribution in [-0.4, -0.2) is 85.0 Å². The number of hydrogen-bond donors (Lipinski definition) is 2. The van der Waals surface area contributed by atoms with Gasteiger partial charge in [-0.15, -0.1) is 0 Å². The van der Waals surface area contributed by atoms with Crippen molar-refractivity contribution in [1.29, 1.82) is 0 Å². The predicted molar refractivity (Wildman–Crippen MR) is 150 cm³/mol. The lowest BCUT2D eigenvalue weighted by molar-refractivity contribution is -0.193. The van der Waals surface area contributed by atoms with Crippen LogP contribution in [0.2, 0.25) is 0 Å². The van der Waals surface area contributed by atoms with E-state index in [2.05, 4.69) is 16.0 Å². The molecular weight excluding hydrogens is 628 g/mol. The van der Waals surface area contributed by atoms with E-state index in [0.717, 1.165) is 46.6 Å². The maximum absolute atomic E-state index is 12.7. The van der Waals surface area contributed by atoms with Crippen LogP contribution in [-0.2, 0) is 16.6 Å². The summed E-state index contributed by atoms with van der Waals surface area (Å²) in [6.07, 6.45) is -4.93. The molecule has 3 aromatic heterocycles. The Bertz CT molecular complexity index is 1630. The Labute approximate surface area is 257 Å². The van der Waals surface area contributed by atoms with Gasteiger partial charge < -0.3 is 24.4 Å². The molecule has 1 amide bonds. The number of ether oxygens (including phenoxy) is 1. The highest BCUT2D eigenvalue weighted by molar-refractivity contribution is 5.92. The molecule has 17 heteroatoms. The van der Waals surface area contributed by atoms with Gasteiger partial charge in [-0.25, -0.2) is 14.6 Å². The number of aryl methyl sites for hydroxylation is 1. The van der Waals surface area contributed by atoms with Crippen molar-refractivity contribution in [2.45, 2.75) is 31.1 Å². The average Bonchev–Trinajstić information content (AvgIpc) is 3.41. The normalized spacial score (nSPS) is 13.6. The summed E-state index contributed by atoms with van der Waals surface area (Å²) >= 11 is 0. The number of alkyl halides is 6. The summed E-state index contributed by atoms with van der Waals surface area (Å²) in [5.41, 5.74) is 5.41. The lowest BCUT2D eigenvalue weighted by Gasteiger charge is -2.31. The first-order valence-corrected chi connectivity index (χ1v) is 13.3. The molecule has 0 radical (unpaired) electrons. The van der Waals surface area contributed by atoms with E-state index in [1.807, 2.05) is 59.2 Å². The Morgan fingerprint density at radius 2 is 1.46 bits per heavy atom. The van der Waals surface area contributed by atoms with Gasteiger partial charge in [0.1, 0.15) is 17.0 Å². The van der Waals surface area contributed by atoms with Gasteiger partial charge in [-0.3, -0.25) is 14.8 Å². The number of carboxylic acids is 2. The second kappa shape index (κ2) is 14.7. The fourth-order valence-corrected chi connectivity index (χ4v) is 4.34. The third kappa shape index (κ3) is 9.15. The molecule has 1 aromatic carbocycles. The van der Waals surface area contributed by atoms with Gasteiger partial charge in [0.15, 0.2) is 0 Å². The largest absolute Gasteiger partial charge is 0.497 e. The molecule has 1 aliphatic rings. The molecule has 4 heterocycles. The lowest BCUT2D eigenvalue weighted by atomic mass is 9.92. The van der Waals surface area contributed by atoms with E-state index >= 15 is 0 Å². The summed E-state index contributed by atoms with van der Waals surface area (Å²) in [7, 11) is 3.67. The number of carbonyl (C=O) groups is 3. The first-order valence-electron chi connectivity index (χ1n) is 13.3. The molecule has 46 heavy (non-hydrogen) atoms. The van der Waals surface area contributed by atoms with Crippen LogP contribution >= 0.6 is 0 Å². The number of aromatic nitrogens is 4. The van der Waals surface area contributed by atoms with Crippen molar-refractivity contribution >= 4 is 28.9 Å². The third-order valence-electron chi connectivity index (χ3n) is 6.67. The van der Waals surface area contributed by atoms with Crippen molar-refractivity contribution in [3.8, 4) is 17.0 Å². The van der Waals surface area contributed by atoms with E-state index in [1.165, 1.54) is 0 Å². The third-order valence-corrected chi connectivity index (χ3v) is 6.67. The van der Waals surface area contributed by atoms with Gasteiger partial charge in [-0.2, -0.15) is 26.3 Å². The molecule has 1 fully saturated rings. The maximum Gasteiger partial charge on any atom is 0.490 e. The highest BCUT2D eigenvalue weighted by Crippen LogP contribution is 2.33. The smallest absolute Gasteiger partial charge is 0.490 e. The number of imidazole rings is 1. The van der Waals surface area contributed by atoms with Crippen molar-refractivity contribution in [2.24, 2.45) is 7.05 Å². The van der Waals surface area contributed by atoms with Crippen LogP contribution in [0.15, 0.2) is 61.1 Å². The first-order chi connectivity index (χ1) is 21.5. The van der Waals surface area contributed by atoms with Gasteiger partial charge in [0.25, 0.3) is 5.91 Å². The van der Waals surface area contributed by atoms with Crippen molar-refractivity contribution in [1.82, 2.24) is 24.4 Å². The Balaban J connectivity index is 0.000000345. The minimum Gasteiger partial charge on any atom is -0.497 e. The molecular formula is C29H27F6N5O6. The number of carboxylic acid groups (broad SMARTS) is 2. The van der Waals surface area contributed by atoms with E-state index < -0.39 is 24.3 Å². The standard InChI is InChI=1S/C25H25N5O2.2C2HF3O2/c1-29-16-27-24-22(29)15-21(28-23(24)18-6-8-19(32-2)9-7-18)17-10-13-30(14-11-17)25(31)20-5-3-4-12-26-20;2*3-2(4,5)1(6)7/h3-9,12,15-17H,10-11,13-14H2,1-2H3;2*(H,6,7). The zero-order valence-electron chi connectivity index (χ0n) is 24.2. The first kappa shape index (κ1) is 35.3. The SMILES string of the molecule is COc1ccc(-c2nc(C3CCN(C(=O)c4ccccn4)CC3)cc3c2ncn3C)cc1.O=C(O)C(F)(F)F.O=C(O)C(F)(F)F. The van der Waals surface area contributed by atoms with Crippen molar-refractivity contribution in [2.75, 3.05) is 20.2 Å². The second-order valence-corrected chi connectivity index (χ2v) is 9.73. The molecule has 0 atom stereocenters. The van der Waals surface area contributed by atoms with Gasteiger partial charge in [0.2, 0.25) is 0 Å². The van der Waals surface area contributed by atoms with E-state index in [9.17, 15) is 31.1 Å². The minimum atomic E-state index is -5.08. The summed E-state index contributed by atoms with van der Waals surface area (Å²) in [5, 5.41) is 14.2. The van der Waals surface area contributed by atoms with Gasteiger partial charge in [-0.1, -0.05) is 6.07 Å². The average molecular weight is 656 g/mol. The fourth-order valence-electron chi connectivity index (χ4n) is 4.34. The van der Waals surface area contributed by atoms with Crippen LogP contribution in [0.4, 0.5) is 26.3 Å². The number of hydrogen-bond acceptors (Lipinski definition) is 7. The van der Waals surface area contributed by atoms with Crippen molar-refractivity contribution < 1.29 is 55.7 Å². The predicted octanol–water partition coefficient (Wildman–Crippen LogP) is 5.33. The molecule has 0 aliphatic carbocycles. The Morgan fingerprint density at radius 3 is 1.93 bits per heavy atom. The number of nitrogens with zero attached hydrogens (tertiary/aromatic N) is 5. The quantitative estimate of drug-likeness (QED) is 0.279. The zero-order valence-corrected chi connectivity index (χ0v) is 24.2. The summed E-state index contributed by atoms with van der Waals surface area (Å²) in [6.45, 7) is 1.39. The Hall–Kier alpha value is -5.22. The summed E-state index contributed by atoms with van der Waals surface area (Å²) < 4.78 is 70.8. The molecule has 0 unspecified atom stereocenters. The summed E-state index contributed by atoms with van der Waals surface area (Å²) in [4.78, 5) is 46.3. The highest BCUT2D eigenvalue weighted by atomic mass is 19.4. The van der Waals surface area contributed by atoms with Crippen LogP contribution in [0.3, 0.4) is 0 Å². The molecule has 11 nitrogen and oxygen atoms in total. The van der Waals surface area contributed by atoms with E-state index in [1.54, 1.807) is 19.4 Å². The van der Waals surface area contributed by atoms with Crippen LogP contribution in [0, 0.1) is 0 Å². The van der Waals surface area contributed by atoms with Crippen LogP contribution in [0.25, 0.3) is 22.3 Å². The lowest BCUT2D eigenvalue weighted by Crippen LogP contribution is -2.38. The number of piperidine rings is 1. The number of benzene rings is 1. The van der Waals surface area contributed by atoms with Gasteiger partial charge >= 0.3 is 24.3 Å². The second-order valence-electron chi connectivity index (χ2n) is 9.73. The number of amides is 1. The number of carbonyl (C=O) groups excluding carboxylic acids is 1. The monoisotopic (exact) mass is 655 g/mol. The minimum absolute atomic E-state index is 0.00184. The van der Waals surface area contributed by atoms with E-state index in [4.69, 9.17) is 29.5 Å². The number of pyridine rings is 2. The molecule has 4 aromatic rings. The number of rotatable bonds is 4. The molecule has 2 N–H and O–H groups in total. The van der Waals surface area contributed by atoms with Gasteiger partial charge in [0.05, 0.1) is 24.6 Å². The fraction of sp³-hybridized carbons (Fsp3) is 0.310. The Kier molecular flexibility index (Phi) is 11.3. The summed E-state index contributed by atoms with van der Waals surface area (Å²) in [5.74, 6) is -4.41. The summed E-state index contributed by atoms with van der Waals surface area (Å²) in [6, 6.07) is 15.5. The Morgan fingerprint density at radius 1 is 0.891 bits per heavy atom. The number of methoxy groups -OCH3 is 1. The zero-order chi connectivity index (χ0) is 34.2. The number of halogens is 6. The molecule has 5 rings (SSSR count). The number of aliphatic carboxylic acids is 2. The molecule has 1 aliphatic heterocycles. The molecule has 0 spiro atoms. The highest BCUT2D eigenvalue weighted by Gasteiger charge is 2.39. The van der Waals surface area contributed by atoms with Gasteiger partial charge in [-0.05, 0) is 55.3 Å². The van der Waals surface area contributed by atoms with Crippen LogP contribution in [0.5, 0.6) is 5.75 Å². The number of fused-ring (bicyclic) bond motifs is 1. The maximum atomic E-state index is 12.7. The number of likely N-dealkylation sites (tertiary alicyclic amines) is 1. The van der Waals surface area contributed by atoms with Crippen molar-refractivity contribution in [3.63, 3.8) is 0 Å². The van der Waals surface area contributed by atoms with Crippen LogP contribution in [0.1, 0.15) is 34.9 Å². The topological polar surface area (TPSA) is 148 Å². The van der Waals surface area contributed by atoms with E-state index in [-0.39, 0.29) is 5.91 Å². The molecule has 246 valence electrons. The van der Waals surface area contributed by atoms with Crippen molar-refractivity contribution in [3.05, 3.63) is 72.4 Å². The van der Waals surface area contributed by atoms with Gasteiger partial charge in [0, 0.05) is 43.5 Å². The van der Waals surface area contributed by atoms with Crippen LogP contribution < -0.4 is 4.74 Å².